The van der Waals surface area contributed by atoms with Gasteiger partial charge in [-0.3, -0.25) is 4.90 Å². The summed E-state index contributed by atoms with van der Waals surface area (Å²) in [4.78, 5) is 18.3. The molecule has 1 amide bonds. The molecular weight excluding hydrogens is 276 g/mol. The molecule has 3 heterocycles. The van der Waals surface area contributed by atoms with E-state index in [2.05, 4.69) is 17.1 Å². The van der Waals surface area contributed by atoms with Gasteiger partial charge in [-0.15, -0.1) is 0 Å². The van der Waals surface area contributed by atoms with Crippen LogP contribution < -0.4 is 0 Å². The Bertz CT molecular complexity index is 529. The summed E-state index contributed by atoms with van der Waals surface area (Å²) in [5, 5.41) is 0.466. The van der Waals surface area contributed by atoms with Gasteiger partial charge >= 0.3 is 6.09 Å². The van der Waals surface area contributed by atoms with Crippen molar-refractivity contribution in [2.24, 2.45) is 5.92 Å². The summed E-state index contributed by atoms with van der Waals surface area (Å²) in [5.74, 6) is 0.326. The number of carbonyl (C=O) groups is 1. The third kappa shape index (κ3) is 2.29. The fourth-order valence-electron chi connectivity index (χ4n) is 3.15. The number of pyridine rings is 1. The molecule has 5 heteroatoms. The van der Waals surface area contributed by atoms with Crippen LogP contribution in [0.3, 0.4) is 0 Å². The van der Waals surface area contributed by atoms with Crippen LogP contribution in [0, 0.1) is 5.92 Å². The molecule has 0 radical (unpaired) electrons. The highest BCUT2D eigenvalue weighted by atomic mass is 35.5. The molecular formula is C15H17ClN2O2. The molecule has 0 spiro atoms. The lowest BCUT2D eigenvalue weighted by molar-refractivity contribution is 0.0386. The number of nitrogens with zero attached hydrogens (tertiary/aromatic N) is 2. The smallest absolute Gasteiger partial charge is 0.410 e. The molecule has 4 rings (SSSR count). The molecule has 0 N–H and O–H groups in total. The van der Waals surface area contributed by atoms with Crippen molar-refractivity contribution in [3.63, 3.8) is 0 Å². The average Bonchev–Trinajstić information content (AvgIpc) is 2.48. The first-order valence-electron chi connectivity index (χ1n) is 6.95. The summed E-state index contributed by atoms with van der Waals surface area (Å²) < 4.78 is 5.22. The predicted molar refractivity (Wildman–Crippen MR) is 76.5 cm³/mol. The van der Waals surface area contributed by atoms with E-state index in [-0.39, 0.29) is 18.2 Å². The molecule has 1 aromatic rings. The minimum Gasteiger partial charge on any atom is -0.450 e. The molecule has 1 fully saturated rings. The van der Waals surface area contributed by atoms with E-state index in [4.69, 9.17) is 16.3 Å². The minimum absolute atomic E-state index is 0.00238. The third-order valence-corrected chi connectivity index (χ3v) is 4.23. The molecule has 2 bridgehead atoms. The Morgan fingerprint density at radius 3 is 2.90 bits per heavy atom. The number of halogens is 1. The highest BCUT2D eigenvalue weighted by Crippen LogP contribution is 2.44. The van der Waals surface area contributed by atoms with E-state index in [1.807, 2.05) is 17.9 Å². The van der Waals surface area contributed by atoms with Gasteiger partial charge in [-0.1, -0.05) is 29.8 Å². The molecule has 3 unspecified atom stereocenters. The van der Waals surface area contributed by atoms with Crippen molar-refractivity contribution in [1.82, 2.24) is 9.88 Å². The van der Waals surface area contributed by atoms with Gasteiger partial charge in [-0.25, -0.2) is 9.78 Å². The SMILES string of the molecule is CCOC(=O)N1C2C=CC(CC2)C1c1ccc(Cl)nc1. The summed E-state index contributed by atoms with van der Waals surface area (Å²) in [6.45, 7) is 2.22. The first-order valence-corrected chi connectivity index (χ1v) is 7.33. The van der Waals surface area contributed by atoms with Gasteiger partial charge in [0.15, 0.2) is 0 Å². The zero-order valence-electron chi connectivity index (χ0n) is 11.3. The summed E-state index contributed by atoms with van der Waals surface area (Å²) in [6, 6.07) is 3.84. The van der Waals surface area contributed by atoms with Crippen molar-refractivity contribution in [2.45, 2.75) is 31.8 Å². The zero-order chi connectivity index (χ0) is 14.1. The second kappa shape index (κ2) is 5.44. The van der Waals surface area contributed by atoms with Crippen LogP contribution in [0.2, 0.25) is 5.15 Å². The van der Waals surface area contributed by atoms with Gasteiger partial charge in [0.25, 0.3) is 0 Å². The number of amides is 1. The lowest BCUT2D eigenvalue weighted by Gasteiger charge is -2.47. The molecule has 20 heavy (non-hydrogen) atoms. The number of fused-ring (bicyclic) bond motifs is 2. The Kier molecular flexibility index (Phi) is 3.66. The predicted octanol–water partition coefficient (Wildman–Crippen LogP) is 3.58. The third-order valence-electron chi connectivity index (χ3n) is 4.01. The van der Waals surface area contributed by atoms with E-state index in [0.29, 0.717) is 17.7 Å². The Hall–Kier alpha value is -1.55. The molecule has 106 valence electrons. The molecule has 1 saturated heterocycles. The highest BCUT2D eigenvalue weighted by Gasteiger charge is 2.42. The Morgan fingerprint density at radius 2 is 2.30 bits per heavy atom. The van der Waals surface area contributed by atoms with Gasteiger partial charge in [0.2, 0.25) is 0 Å². The van der Waals surface area contributed by atoms with E-state index in [9.17, 15) is 4.79 Å². The number of carbonyl (C=O) groups excluding carboxylic acids is 1. The molecule has 3 atom stereocenters. The van der Waals surface area contributed by atoms with Gasteiger partial charge in [0, 0.05) is 12.1 Å². The van der Waals surface area contributed by atoms with Crippen molar-refractivity contribution in [2.75, 3.05) is 6.61 Å². The first-order chi connectivity index (χ1) is 9.70. The number of piperidine rings is 1. The van der Waals surface area contributed by atoms with E-state index in [1.54, 1.807) is 12.3 Å². The van der Waals surface area contributed by atoms with Crippen LogP contribution in [0.1, 0.15) is 31.4 Å². The molecule has 0 saturated carbocycles. The maximum atomic E-state index is 12.3. The Balaban J connectivity index is 1.95. The van der Waals surface area contributed by atoms with Crippen molar-refractivity contribution in [3.05, 3.63) is 41.2 Å². The minimum atomic E-state index is -0.244. The van der Waals surface area contributed by atoms with Crippen LogP contribution >= 0.6 is 11.6 Å². The molecule has 3 aliphatic rings. The van der Waals surface area contributed by atoms with Crippen LogP contribution in [-0.4, -0.2) is 28.6 Å². The van der Waals surface area contributed by atoms with Crippen molar-refractivity contribution >= 4 is 17.7 Å². The molecule has 2 aliphatic heterocycles. The maximum Gasteiger partial charge on any atom is 0.410 e. The molecule has 1 aliphatic carbocycles. The van der Waals surface area contributed by atoms with Gasteiger partial charge in [0.05, 0.1) is 18.7 Å². The van der Waals surface area contributed by atoms with Crippen LogP contribution in [0.5, 0.6) is 0 Å². The van der Waals surface area contributed by atoms with Crippen molar-refractivity contribution in [3.8, 4) is 0 Å². The van der Waals surface area contributed by atoms with Crippen LogP contribution in [0.15, 0.2) is 30.5 Å². The van der Waals surface area contributed by atoms with Crippen LogP contribution in [0.4, 0.5) is 4.79 Å². The monoisotopic (exact) mass is 292 g/mol. The summed E-state index contributed by atoms with van der Waals surface area (Å²) in [5.41, 5.74) is 1.02. The number of ether oxygens (including phenoxy) is 1. The number of hydrogen-bond acceptors (Lipinski definition) is 3. The van der Waals surface area contributed by atoms with E-state index < -0.39 is 0 Å². The Morgan fingerprint density at radius 1 is 1.45 bits per heavy atom. The maximum absolute atomic E-state index is 12.3. The molecule has 1 aromatic heterocycles. The number of aromatic nitrogens is 1. The Labute approximate surface area is 123 Å². The van der Waals surface area contributed by atoms with Gasteiger partial charge < -0.3 is 4.74 Å². The van der Waals surface area contributed by atoms with Gasteiger partial charge in [-0.2, -0.15) is 0 Å². The zero-order valence-corrected chi connectivity index (χ0v) is 12.1. The summed E-state index contributed by atoms with van der Waals surface area (Å²) >= 11 is 5.85. The van der Waals surface area contributed by atoms with Crippen molar-refractivity contribution in [1.29, 1.82) is 0 Å². The largest absolute Gasteiger partial charge is 0.450 e. The normalized spacial score (nSPS) is 27.7. The van der Waals surface area contributed by atoms with Crippen LogP contribution in [-0.2, 0) is 4.74 Å². The second-order valence-electron chi connectivity index (χ2n) is 5.16. The first kappa shape index (κ1) is 13.4. The molecule has 4 nitrogen and oxygen atoms in total. The van der Waals surface area contributed by atoms with Crippen molar-refractivity contribution < 1.29 is 9.53 Å². The van der Waals surface area contributed by atoms with Crippen LogP contribution in [0.25, 0.3) is 0 Å². The number of rotatable bonds is 2. The lowest BCUT2D eigenvalue weighted by Crippen LogP contribution is -2.50. The topological polar surface area (TPSA) is 42.4 Å². The fourth-order valence-corrected chi connectivity index (χ4v) is 3.26. The summed E-state index contributed by atoms with van der Waals surface area (Å²) in [7, 11) is 0. The van der Waals surface area contributed by atoms with E-state index in [1.165, 1.54) is 0 Å². The van der Waals surface area contributed by atoms with Gasteiger partial charge in [0.1, 0.15) is 5.15 Å². The molecule has 0 aromatic carbocycles. The van der Waals surface area contributed by atoms with E-state index >= 15 is 0 Å². The lowest BCUT2D eigenvalue weighted by atomic mass is 9.77. The van der Waals surface area contributed by atoms with E-state index in [0.717, 1.165) is 18.4 Å². The second-order valence-corrected chi connectivity index (χ2v) is 5.55. The summed E-state index contributed by atoms with van der Waals surface area (Å²) in [6.07, 6.45) is 7.93. The van der Waals surface area contributed by atoms with Gasteiger partial charge in [-0.05, 0) is 31.4 Å². The quantitative estimate of drug-likeness (QED) is 0.618. The standard InChI is InChI=1S/C15H17ClN2O2/c1-2-20-15(19)18-12-6-3-10(4-7-12)14(18)11-5-8-13(16)17-9-11/h3,5-6,8-10,12,14H,2,4,7H2,1H3. The fraction of sp³-hybridized carbons (Fsp3) is 0.467. The highest BCUT2D eigenvalue weighted by molar-refractivity contribution is 6.29. The average molecular weight is 293 g/mol. The number of hydrogen-bond donors (Lipinski definition) is 0.